The smallest absolute Gasteiger partial charge is 0.306 e. The lowest BCUT2D eigenvalue weighted by atomic mass is 10.1. The maximum Gasteiger partial charge on any atom is 0.306 e. The molecule has 0 saturated heterocycles. The average molecular weight is 924 g/mol. The third-order valence-corrected chi connectivity index (χ3v) is 12.2. The average Bonchev–Trinajstić information content (AvgIpc) is 3.31. The molecule has 0 N–H and O–H groups in total. The van der Waals surface area contributed by atoms with E-state index in [1.54, 1.807) is 0 Å². The van der Waals surface area contributed by atoms with E-state index < -0.39 is 6.10 Å². The third-order valence-electron chi connectivity index (χ3n) is 12.2. The minimum Gasteiger partial charge on any atom is -0.462 e. The minimum atomic E-state index is -0.787. The van der Waals surface area contributed by atoms with Crippen LogP contribution in [-0.4, -0.2) is 37.2 Å². The van der Waals surface area contributed by atoms with Crippen LogP contribution in [0.25, 0.3) is 0 Å². The Hall–Kier alpha value is -2.89. The van der Waals surface area contributed by atoms with Crippen LogP contribution in [0.1, 0.15) is 284 Å². The molecule has 0 amide bonds. The SMILES string of the molecule is CCCCC/C=C\C/C=C\C/C=C\C/C=C\CCCCCC(=O)OC[C@@H](COC(=O)CCCCCCCCCCCC)OC(=O)CCCCCCCCC/C=C\CCCCCCCCCC. The monoisotopic (exact) mass is 923 g/mol. The van der Waals surface area contributed by atoms with Crippen LogP contribution < -0.4 is 0 Å². The van der Waals surface area contributed by atoms with Gasteiger partial charge in [0.2, 0.25) is 0 Å². The fraction of sp³-hybridized carbons (Fsp3) is 0.783. The Labute approximate surface area is 409 Å². The Balaban J connectivity index is 4.37. The number of unbranched alkanes of at least 4 members (excludes halogenated alkanes) is 30. The summed E-state index contributed by atoms with van der Waals surface area (Å²) < 4.78 is 16.8. The van der Waals surface area contributed by atoms with Crippen LogP contribution in [0.5, 0.6) is 0 Å². The fourth-order valence-electron chi connectivity index (χ4n) is 7.95. The zero-order valence-corrected chi connectivity index (χ0v) is 43.7. The molecule has 382 valence electrons. The number of esters is 3. The van der Waals surface area contributed by atoms with Crippen LogP contribution in [0.3, 0.4) is 0 Å². The van der Waals surface area contributed by atoms with Gasteiger partial charge in [-0.3, -0.25) is 14.4 Å². The van der Waals surface area contributed by atoms with Gasteiger partial charge in [-0.1, -0.05) is 236 Å². The van der Waals surface area contributed by atoms with Gasteiger partial charge in [0.1, 0.15) is 13.2 Å². The van der Waals surface area contributed by atoms with E-state index in [4.69, 9.17) is 14.2 Å². The summed E-state index contributed by atoms with van der Waals surface area (Å²) in [5.74, 6) is -0.913. The summed E-state index contributed by atoms with van der Waals surface area (Å²) in [6, 6.07) is 0. The van der Waals surface area contributed by atoms with Gasteiger partial charge in [0, 0.05) is 19.3 Å². The number of ether oxygens (including phenoxy) is 3. The van der Waals surface area contributed by atoms with Crippen LogP contribution in [0, 0.1) is 0 Å². The highest BCUT2D eigenvalue weighted by molar-refractivity contribution is 5.71. The normalized spacial score (nSPS) is 12.5. The molecule has 0 aliphatic carbocycles. The van der Waals surface area contributed by atoms with Crippen molar-refractivity contribution in [2.75, 3.05) is 13.2 Å². The molecule has 6 nitrogen and oxygen atoms in total. The summed E-state index contributed by atoms with van der Waals surface area (Å²) in [5.41, 5.74) is 0. The third kappa shape index (κ3) is 52.1. The van der Waals surface area contributed by atoms with Gasteiger partial charge in [0.15, 0.2) is 6.10 Å². The molecule has 0 radical (unpaired) electrons. The first kappa shape index (κ1) is 63.1. The van der Waals surface area contributed by atoms with Gasteiger partial charge in [-0.25, -0.2) is 0 Å². The summed E-state index contributed by atoms with van der Waals surface area (Å²) in [5, 5.41) is 0. The predicted octanol–water partition coefficient (Wildman–Crippen LogP) is 18.8. The van der Waals surface area contributed by atoms with E-state index in [2.05, 4.69) is 81.5 Å². The summed E-state index contributed by atoms with van der Waals surface area (Å²) in [4.78, 5) is 38.0. The van der Waals surface area contributed by atoms with Crippen molar-refractivity contribution in [1.82, 2.24) is 0 Å². The molecule has 0 aliphatic heterocycles. The minimum absolute atomic E-state index is 0.0843. The standard InChI is InChI=1S/C60H106O6/c1-4-7-10-13-16-19-22-24-26-28-30-32-34-36-38-41-44-47-50-53-59(62)65-56-57(55-64-58(61)52-49-46-43-40-21-18-15-12-9-6-3)66-60(63)54-51-48-45-42-39-37-35-33-31-29-27-25-23-20-17-14-11-8-5-2/h16,19,24,26,29-32,36,38,57H,4-15,17-18,20-23,25,27-28,33-35,37,39-56H2,1-3H3/b19-16-,26-24-,31-29-,32-30-,38-36-/t57-/m1/s1. The molecule has 0 aromatic carbocycles. The Bertz CT molecular complexity index is 1200. The van der Waals surface area contributed by atoms with Crippen LogP contribution in [-0.2, 0) is 28.6 Å². The quantitative estimate of drug-likeness (QED) is 0.0262. The molecule has 6 heteroatoms. The maximum atomic E-state index is 12.8. The molecular weight excluding hydrogens is 817 g/mol. The van der Waals surface area contributed by atoms with Gasteiger partial charge >= 0.3 is 17.9 Å². The highest BCUT2D eigenvalue weighted by Crippen LogP contribution is 2.15. The second-order valence-electron chi connectivity index (χ2n) is 18.8. The molecule has 0 heterocycles. The second kappa shape index (κ2) is 54.7. The number of carbonyl (C=O) groups excluding carboxylic acids is 3. The summed E-state index contributed by atoms with van der Waals surface area (Å²) >= 11 is 0. The number of rotatable bonds is 51. The molecule has 0 saturated carbocycles. The van der Waals surface area contributed by atoms with Gasteiger partial charge in [-0.2, -0.15) is 0 Å². The van der Waals surface area contributed by atoms with Crippen molar-refractivity contribution in [3.63, 3.8) is 0 Å². The van der Waals surface area contributed by atoms with Crippen molar-refractivity contribution in [3.8, 4) is 0 Å². The van der Waals surface area contributed by atoms with Crippen LogP contribution in [0.4, 0.5) is 0 Å². The number of carbonyl (C=O) groups is 3. The highest BCUT2D eigenvalue weighted by atomic mass is 16.6. The van der Waals surface area contributed by atoms with E-state index in [0.717, 1.165) is 83.5 Å². The molecule has 0 aromatic rings. The van der Waals surface area contributed by atoms with E-state index in [1.807, 2.05) is 0 Å². The van der Waals surface area contributed by atoms with Crippen molar-refractivity contribution in [3.05, 3.63) is 60.8 Å². The van der Waals surface area contributed by atoms with Crippen molar-refractivity contribution < 1.29 is 28.6 Å². The lowest BCUT2D eigenvalue weighted by Gasteiger charge is -2.18. The van der Waals surface area contributed by atoms with E-state index in [-0.39, 0.29) is 31.1 Å². The molecule has 1 atom stereocenters. The van der Waals surface area contributed by atoms with Crippen LogP contribution in [0.2, 0.25) is 0 Å². The molecule has 0 bridgehead atoms. The van der Waals surface area contributed by atoms with Gasteiger partial charge in [-0.15, -0.1) is 0 Å². The lowest BCUT2D eigenvalue weighted by molar-refractivity contribution is -0.167. The van der Waals surface area contributed by atoms with Crippen molar-refractivity contribution >= 4 is 17.9 Å². The largest absolute Gasteiger partial charge is 0.462 e. The van der Waals surface area contributed by atoms with Crippen LogP contribution in [0.15, 0.2) is 60.8 Å². The topological polar surface area (TPSA) is 78.9 Å². The van der Waals surface area contributed by atoms with E-state index in [1.165, 1.54) is 161 Å². The van der Waals surface area contributed by atoms with Crippen molar-refractivity contribution in [2.45, 2.75) is 290 Å². The number of allylic oxidation sites excluding steroid dienone is 10. The van der Waals surface area contributed by atoms with E-state index in [9.17, 15) is 14.4 Å². The zero-order valence-electron chi connectivity index (χ0n) is 43.7. The maximum absolute atomic E-state index is 12.8. The first-order chi connectivity index (χ1) is 32.5. The number of hydrogen-bond acceptors (Lipinski definition) is 6. The van der Waals surface area contributed by atoms with Crippen LogP contribution >= 0.6 is 0 Å². The predicted molar refractivity (Wildman–Crippen MR) is 284 cm³/mol. The molecule has 0 spiro atoms. The first-order valence-electron chi connectivity index (χ1n) is 28.3. The first-order valence-corrected chi connectivity index (χ1v) is 28.3. The van der Waals surface area contributed by atoms with Gasteiger partial charge in [-0.05, 0) is 89.9 Å². The molecule has 66 heavy (non-hydrogen) atoms. The lowest BCUT2D eigenvalue weighted by Crippen LogP contribution is -2.30. The Morgan fingerprint density at radius 2 is 0.545 bits per heavy atom. The van der Waals surface area contributed by atoms with E-state index >= 15 is 0 Å². The molecule has 0 rings (SSSR count). The molecule has 0 fully saturated rings. The number of hydrogen-bond donors (Lipinski definition) is 0. The summed E-state index contributed by atoms with van der Waals surface area (Å²) in [6.07, 6.45) is 67.8. The summed E-state index contributed by atoms with van der Waals surface area (Å²) in [6.45, 7) is 6.59. The van der Waals surface area contributed by atoms with Crippen molar-refractivity contribution in [1.29, 1.82) is 0 Å². The molecule has 0 aromatic heterocycles. The highest BCUT2D eigenvalue weighted by Gasteiger charge is 2.19. The van der Waals surface area contributed by atoms with E-state index in [0.29, 0.717) is 19.3 Å². The molecule has 0 unspecified atom stereocenters. The van der Waals surface area contributed by atoms with Gasteiger partial charge < -0.3 is 14.2 Å². The Morgan fingerprint density at radius 3 is 0.909 bits per heavy atom. The van der Waals surface area contributed by atoms with Gasteiger partial charge in [0.05, 0.1) is 0 Å². The molecular formula is C60H106O6. The molecule has 0 aliphatic rings. The van der Waals surface area contributed by atoms with Crippen molar-refractivity contribution in [2.24, 2.45) is 0 Å². The Kier molecular flexibility index (Phi) is 52.3. The Morgan fingerprint density at radius 1 is 0.303 bits per heavy atom. The van der Waals surface area contributed by atoms with Gasteiger partial charge in [0.25, 0.3) is 0 Å². The zero-order chi connectivity index (χ0) is 47.9. The second-order valence-corrected chi connectivity index (χ2v) is 18.8. The summed E-state index contributed by atoms with van der Waals surface area (Å²) in [7, 11) is 0. The fourth-order valence-corrected chi connectivity index (χ4v) is 7.95.